The van der Waals surface area contributed by atoms with Crippen LogP contribution in [0.3, 0.4) is 0 Å². The van der Waals surface area contributed by atoms with Crippen molar-refractivity contribution in [3.63, 3.8) is 0 Å². The number of aryl methyl sites for hydroxylation is 1. The maximum absolute atomic E-state index is 12.8. The van der Waals surface area contributed by atoms with Crippen LogP contribution in [0.1, 0.15) is 11.1 Å². The number of benzene rings is 2. The van der Waals surface area contributed by atoms with Crippen LogP contribution in [0.5, 0.6) is 0 Å². The van der Waals surface area contributed by atoms with E-state index in [4.69, 9.17) is 5.14 Å². The van der Waals surface area contributed by atoms with E-state index in [1.54, 1.807) is 13.0 Å². The molecular formula is C16H15FN2O3S. The normalized spacial score (nSPS) is 11.6. The van der Waals surface area contributed by atoms with Crippen molar-refractivity contribution in [2.45, 2.75) is 11.8 Å². The minimum Gasteiger partial charge on any atom is -0.322 e. The van der Waals surface area contributed by atoms with Gasteiger partial charge in [-0.25, -0.2) is 17.9 Å². The molecule has 2 rings (SSSR count). The molecule has 5 nitrogen and oxygen atoms in total. The average molecular weight is 334 g/mol. The molecule has 1 amide bonds. The van der Waals surface area contributed by atoms with Gasteiger partial charge in [0.1, 0.15) is 5.82 Å². The number of amides is 1. The highest BCUT2D eigenvalue weighted by atomic mass is 32.2. The second-order valence-corrected chi connectivity index (χ2v) is 6.46. The van der Waals surface area contributed by atoms with Gasteiger partial charge in [-0.05, 0) is 48.4 Å². The maximum Gasteiger partial charge on any atom is 0.248 e. The molecule has 3 N–H and O–H groups in total. The van der Waals surface area contributed by atoms with Crippen LogP contribution in [0.4, 0.5) is 10.1 Å². The van der Waals surface area contributed by atoms with E-state index < -0.39 is 15.9 Å². The highest BCUT2D eigenvalue weighted by molar-refractivity contribution is 7.89. The van der Waals surface area contributed by atoms with Crippen molar-refractivity contribution >= 4 is 27.7 Å². The van der Waals surface area contributed by atoms with Gasteiger partial charge in [0.25, 0.3) is 0 Å². The molecule has 0 radical (unpaired) electrons. The number of carbonyl (C=O) groups excluding carboxylic acids is 1. The van der Waals surface area contributed by atoms with Crippen LogP contribution in [0, 0.1) is 12.7 Å². The van der Waals surface area contributed by atoms with E-state index in [-0.39, 0.29) is 10.7 Å². The molecule has 0 heterocycles. The first-order chi connectivity index (χ1) is 10.8. The zero-order chi connectivity index (χ0) is 17.0. The zero-order valence-electron chi connectivity index (χ0n) is 12.3. The summed E-state index contributed by atoms with van der Waals surface area (Å²) in [6.07, 6.45) is 2.80. The molecule has 0 saturated heterocycles. The van der Waals surface area contributed by atoms with Crippen molar-refractivity contribution in [2.24, 2.45) is 5.14 Å². The number of sulfonamides is 1. The predicted molar refractivity (Wildman–Crippen MR) is 86.6 cm³/mol. The lowest BCUT2D eigenvalue weighted by Crippen LogP contribution is -2.14. The Bertz CT molecular complexity index is 859. The molecule has 2 aromatic rings. The molecule has 7 heteroatoms. The van der Waals surface area contributed by atoms with Crippen molar-refractivity contribution in [2.75, 3.05) is 5.32 Å². The average Bonchev–Trinajstić information content (AvgIpc) is 2.48. The van der Waals surface area contributed by atoms with Gasteiger partial charge < -0.3 is 5.32 Å². The third kappa shape index (κ3) is 4.73. The molecule has 0 aliphatic heterocycles. The minimum atomic E-state index is -3.84. The number of primary sulfonamides is 1. The summed E-state index contributed by atoms with van der Waals surface area (Å²) in [7, 11) is -3.84. The molecule has 0 unspecified atom stereocenters. The van der Waals surface area contributed by atoms with Crippen LogP contribution in [-0.2, 0) is 14.8 Å². The molecule has 2 aromatic carbocycles. The van der Waals surface area contributed by atoms with Gasteiger partial charge in [-0.1, -0.05) is 18.2 Å². The van der Waals surface area contributed by atoms with E-state index in [0.717, 1.165) is 0 Å². The van der Waals surface area contributed by atoms with Gasteiger partial charge in [0.05, 0.1) is 4.90 Å². The SMILES string of the molecule is Cc1ccc(S(N)(=O)=O)cc1NC(=O)/C=C/c1ccc(F)cc1. The largest absolute Gasteiger partial charge is 0.322 e. The van der Waals surface area contributed by atoms with Gasteiger partial charge in [0.2, 0.25) is 15.9 Å². The summed E-state index contributed by atoms with van der Waals surface area (Å²) in [6, 6.07) is 9.87. The van der Waals surface area contributed by atoms with Gasteiger partial charge in [-0.15, -0.1) is 0 Å². The van der Waals surface area contributed by atoms with Crippen LogP contribution >= 0.6 is 0 Å². The number of anilines is 1. The first-order valence-corrected chi connectivity index (χ1v) is 8.18. The van der Waals surface area contributed by atoms with Crippen molar-refractivity contribution in [3.8, 4) is 0 Å². The van der Waals surface area contributed by atoms with Crippen LogP contribution in [0.2, 0.25) is 0 Å². The van der Waals surface area contributed by atoms with E-state index in [9.17, 15) is 17.6 Å². The first kappa shape index (κ1) is 16.9. The number of hydrogen-bond acceptors (Lipinski definition) is 3. The Morgan fingerprint density at radius 1 is 1.17 bits per heavy atom. The van der Waals surface area contributed by atoms with Gasteiger partial charge in [0, 0.05) is 11.8 Å². The van der Waals surface area contributed by atoms with Gasteiger partial charge in [0.15, 0.2) is 0 Å². The van der Waals surface area contributed by atoms with Crippen LogP contribution in [0.25, 0.3) is 6.08 Å². The first-order valence-electron chi connectivity index (χ1n) is 6.64. The zero-order valence-corrected chi connectivity index (χ0v) is 13.1. The fourth-order valence-electron chi connectivity index (χ4n) is 1.83. The summed E-state index contributed by atoms with van der Waals surface area (Å²) in [5.41, 5.74) is 1.71. The fraction of sp³-hybridized carbons (Fsp3) is 0.0625. The van der Waals surface area contributed by atoms with Gasteiger partial charge >= 0.3 is 0 Å². The summed E-state index contributed by atoms with van der Waals surface area (Å²) < 4.78 is 35.5. The lowest BCUT2D eigenvalue weighted by molar-refractivity contribution is -0.111. The van der Waals surface area contributed by atoms with Crippen molar-refractivity contribution in [1.29, 1.82) is 0 Å². The van der Waals surface area contributed by atoms with Crippen LogP contribution < -0.4 is 10.5 Å². The Morgan fingerprint density at radius 2 is 1.83 bits per heavy atom. The van der Waals surface area contributed by atoms with Crippen LogP contribution in [-0.4, -0.2) is 14.3 Å². The monoisotopic (exact) mass is 334 g/mol. The molecule has 0 aliphatic carbocycles. The minimum absolute atomic E-state index is 0.0825. The number of nitrogens with one attached hydrogen (secondary N) is 1. The lowest BCUT2D eigenvalue weighted by atomic mass is 10.2. The topological polar surface area (TPSA) is 89.3 Å². The summed E-state index contributed by atoms with van der Waals surface area (Å²) in [5, 5.41) is 7.65. The number of hydrogen-bond donors (Lipinski definition) is 2. The standard InChI is InChI=1S/C16H15FN2O3S/c1-11-2-8-14(23(18,21)22)10-15(11)19-16(20)9-5-12-3-6-13(17)7-4-12/h2-10H,1H3,(H,19,20)(H2,18,21,22)/b9-5+. The maximum atomic E-state index is 12.8. The summed E-state index contributed by atoms with van der Waals surface area (Å²) >= 11 is 0. The summed E-state index contributed by atoms with van der Waals surface area (Å²) in [4.78, 5) is 11.8. The number of rotatable bonds is 4. The molecule has 0 atom stereocenters. The third-order valence-corrected chi connectivity index (χ3v) is 4.00. The number of carbonyl (C=O) groups is 1. The lowest BCUT2D eigenvalue weighted by Gasteiger charge is -2.08. The second-order valence-electron chi connectivity index (χ2n) is 4.90. The Labute approximate surface area is 133 Å². The Kier molecular flexibility index (Phi) is 4.92. The molecule has 0 spiro atoms. The smallest absolute Gasteiger partial charge is 0.248 e. The van der Waals surface area contributed by atoms with E-state index in [1.165, 1.54) is 48.6 Å². The molecular weight excluding hydrogens is 319 g/mol. The molecule has 120 valence electrons. The quantitative estimate of drug-likeness (QED) is 0.842. The molecule has 0 bridgehead atoms. The van der Waals surface area contributed by atoms with Crippen LogP contribution in [0.15, 0.2) is 53.4 Å². The van der Waals surface area contributed by atoms with Crippen molar-refractivity contribution < 1.29 is 17.6 Å². The summed E-state index contributed by atoms with van der Waals surface area (Å²) in [5.74, 6) is -0.800. The highest BCUT2D eigenvalue weighted by Gasteiger charge is 2.10. The molecule has 0 saturated carbocycles. The van der Waals surface area contributed by atoms with Gasteiger partial charge in [-0.3, -0.25) is 4.79 Å². The van der Waals surface area contributed by atoms with Gasteiger partial charge in [-0.2, -0.15) is 0 Å². The van der Waals surface area contributed by atoms with E-state index >= 15 is 0 Å². The Balaban J connectivity index is 2.15. The predicted octanol–water partition coefficient (Wildman–Crippen LogP) is 2.43. The molecule has 23 heavy (non-hydrogen) atoms. The molecule has 0 aromatic heterocycles. The second kappa shape index (κ2) is 6.72. The Morgan fingerprint density at radius 3 is 2.43 bits per heavy atom. The molecule has 0 fully saturated rings. The van der Waals surface area contributed by atoms with Crippen molar-refractivity contribution in [1.82, 2.24) is 0 Å². The molecule has 0 aliphatic rings. The van der Waals surface area contributed by atoms with Crippen molar-refractivity contribution in [3.05, 3.63) is 65.5 Å². The number of nitrogens with two attached hydrogens (primary N) is 1. The number of halogens is 1. The van der Waals surface area contributed by atoms with E-state index in [0.29, 0.717) is 16.8 Å². The van der Waals surface area contributed by atoms with E-state index in [2.05, 4.69) is 5.32 Å². The highest BCUT2D eigenvalue weighted by Crippen LogP contribution is 2.19. The fourth-order valence-corrected chi connectivity index (χ4v) is 2.37. The van der Waals surface area contributed by atoms with E-state index in [1.807, 2.05) is 0 Å². The Hall–Kier alpha value is -2.51. The summed E-state index contributed by atoms with van der Waals surface area (Å²) in [6.45, 7) is 1.73. The third-order valence-electron chi connectivity index (χ3n) is 3.09.